The zero-order valence-corrected chi connectivity index (χ0v) is 12.9. The quantitative estimate of drug-likeness (QED) is 0.891. The van der Waals surface area contributed by atoms with E-state index < -0.39 is 5.97 Å². The molecule has 0 aliphatic carbocycles. The Morgan fingerprint density at radius 2 is 2.18 bits per heavy atom. The lowest BCUT2D eigenvalue weighted by molar-refractivity contribution is -0.0919. The molecule has 1 aliphatic rings. The predicted octanol–water partition coefficient (Wildman–Crippen LogP) is 0.964. The van der Waals surface area contributed by atoms with E-state index in [-0.39, 0.29) is 29.4 Å². The van der Waals surface area contributed by atoms with Crippen molar-refractivity contribution in [2.45, 2.75) is 26.1 Å². The minimum absolute atomic E-state index is 0.0859. The molecule has 2 rings (SSSR count). The third kappa shape index (κ3) is 3.61. The lowest BCUT2D eigenvalue weighted by atomic mass is 10.1. The number of aromatic nitrogens is 1. The summed E-state index contributed by atoms with van der Waals surface area (Å²) in [5.74, 6) is -1.28. The van der Waals surface area contributed by atoms with Crippen LogP contribution in [0.4, 0.5) is 0 Å². The van der Waals surface area contributed by atoms with Gasteiger partial charge in [-0.1, -0.05) is 0 Å². The van der Waals surface area contributed by atoms with Gasteiger partial charge in [-0.3, -0.25) is 4.79 Å². The molecule has 2 unspecified atom stereocenters. The second kappa shape index (κ2) is 6.85. The highest BCUT2D eigenvalue weighted by Gasteiger charge is 2.29. The van der Waals surface area contributed by atoms with E-state index in [0.717, 1.165) is 0 Å². The third-order valence-electron chi connectivity index (χ3n) is 3.50. The van der Waals surface area contributed by atoms with Gasteiger partial charge in [-0.25, -0.2) is 9.78 Å². The van der Waals surface area contributed by atoms with E-state index in [9.17, 15) is 9.59 Å². The van der Waals surface area contributed by atoms with Crippen molar-refractivity contribution in [2.24, 2.45) is 0 Å². The molecule has 1 amide bonds. The number of pyridine rings is 1. The molecule has 0 spiro atoms. The zero-order chi connectivity index (χ0) is 16.3. The molecule has 1 aromatic heterocycles. The van der Waals surface area contributed by atoms with Crippen LogP contribution >= 0.6 is 0 Å². The Morgan fingerprint density at radius 1 is 1.45 bits per heavy atom. The van der Waals surface area contributed by atoms with Gasteiger partial charge in [0.2, 0.25) is 0 Å². The van der Waals surface area contributed by atoms with Crippen LogP contribution in [-0.2, 0) is 9.47 Å². The number of aromatic carboxylic acids is 1. The molecular formula is C15H20N2O5. The maximum absolute atomic E-state index is 12.5. The molecule has 0 radical (unpaired) electrons. The highest BCUT2D eigenvalue weighted by Crippen LogP contribution is 2.15. The number of carbonyl (C=O) groups excluding carboxylic acids is 1. The van der Waals surface area contributed by atoms with Crippen LogP contribution in [0, 0.1) is 6.92 Å². The predicted molar refractivity (Wildman–Crippen MR) is 78.0 cm³/mol. The minimum atomic E-state index is -1.05. The average Bonchev–Trinajstić information content (AvgIpc) is 2.45. The topological polar surface area (TPSA) is 89.0 Å². The average molecular weight is 308 g/mol. The molecule has 1 aliphatic heterocycles. The van der Waals surface area contributed by atoms with Crippen LogP contribution in [0.15, 0.2) is 12.1 Å². The number of aryl methyl sites for hydroxylation is 1. The van der Waals surface area contributed by atoms with Crippen molar-refractivity contribution >= 4 is 11.9 Å². The van der Waals surface area contributed by atoms with Crippen molar-refractivity contribution in [3.8, 4) is 0 Å². The summed E-state index contributed by atoms with van der Waals surface area (Å²) in [6.07, 6.45) is -0.255. The Hall–Kier alpha value is -1.99. The fourth-order valence-corrected chi connectivity index (χ4v) is 2.56. The van der Waals surface area contributed by atoms with Crippen molar-refractivity contribution in [3.63, 3.8) is 0 Å². The molecule has 2 heterocycles. The van der Waals surface area contributed by atoms with Gasteiger partial charge in [0.1, 0.15) is 5.69 Å². The standard InChI is InChI=1S/C15H20N2O5/c1-9-6-17(7-11(22-9)8-21-3)14(18)13-5-4-12(15(19)20)10(2)16-13/h4-5,9,11H,6-8H2,1-3H3,(H,19,20). The highest BCUT2D eigenvalue weighted by atomic mass is 16.5. The summed E-state index contributed by atoms with van der Waals surface area (Å²) in [5.41, 5.74) is 0.671. The number of carbonyl (C=O) groups is 2. The highest BCUT2D eigenvalue weighted by molar-refractivity contribution is 5.94. The molecule has 2 atom stereocenters. The Kier molecular flexibility index (Phi) is 5.10. The number of carboxylic acids is 1. The molecule has 1 fully saturated rings. The van der Waals surface area contributed by atoms with E-state index in [2.05, 4.69) is 4.98 Å². The second-order valence-corrected chi connectivity index (χ2v) is 5.37. The van der Waals surface area contributed by atoms with Crippen LogP contribution in [0.2, 0.25) is 0 Å². The number of rotatable bonds is 4. The molecule has 120 valence electrons. The van der Waals surface area contributed by atoms with Crippen molar-refractivity contribution in [1.29, 1.82) is 0 Å². The molecule has 1 aromatic rings. The number of carboxylic acid groups (broad SMARTS) is 1. The Labute approximate surface area is 128 Å². The monoisotopic (exact) mass is 308 g/mol. The number of hydrogen-bond acceptors (Lipinski definition) is 5. The molecular weight excluding hydrogens is 288 g/mol. The summed E-state index contributed by atoms with van der Waals surface area (Å²) in [4.78, 5) is 29.3. The first kappa shape index (κ1) is 16.4. The maximum atomic E-state index is 12.5. The number of methoxy groups -OCH3 is 1. The van der Waals surface area contributed by atoms with E-state index in [1.165, 1.54) is 12.1 Å². The van der Waals surface area contributed by atoms with Gasteiger partial charge >= 0.3 is 5.97 Å². The molecule has 1 N–H and O–H groups in total. The van der Waals surface area contributed by atoms with Crippen LogP contribution < -0.4 is 0 Å². The number of hydrogen-bond donors (Lipinski definition) is 1. The van der Waals surface area contributed by atoms with E-state index in [4.69, 9.17) is 14.6 Å². The minimum Gasteiger partial charge on any atom is -0.478 e. The molecule has 1 saturated heterocycles. The van der Waals surface area contributed by atoms with Gasteiger partial charge in [0.25, 0.3) is 5.91 Å². The maximum Gasteiger partial charge on any atom is 0.337 e. The van der Waals surface area contributed by atoms with Crippen LogP contribution in [0.25, 0.3) is 0 Å². The first-order chi connectivity index (χ1) is 10.4. The van der Waals surface area contributed by atoms with Gasteiger partial charge in [0.15, 0.2) is 0 Å². The van der Waals surface area contributed by atoms with E-state index >= 15 is 0 Å². The van der Waals surface area contributed by atoms with E-state index in [1.54, 1.807) is 18.9 Å². The largest absolute Gasteiger partial charge is 0.478 e. The zero-order valence-electron chi connectivity index (χ0n) is 12.9. The van der Waals surface area contributed by atoms with Gasteiger partial charge < -0.3 is 19.5 Å². The SMILES string of the molecule is COCC1CN(C(=O)c2ccc(C(=O)O)c(C)n2)CC(C)O1. The number of amides is 1. The van der Waals surface area contributed by atoms with Gasteiger partial charge in [0.05, 0.1) is 30.1 Å². The summed E-state index contributed by atoms with van der Waals surface area (Å²) >= 11 is 0. The second-order valence-electron chi connectivity index (χ2n) is 5.37. The lowest BCUT2D eigenvalue weighted by Gasteiger charge is -2.36. The lowest BCUT2D eigenvalue weighted by Crippen LogP contribution is -2.50. The van der Waals surface area contributed by atoms with Crippen LogP contribution in [0.1, 0.15) is 33.5 Å². The summed E-state index contributed by atoms with van der Waals surface area (Å²) in [7, 11) is 1.59. The number of ether oxygens (including phenoxy) is 2. The third-order valence-corrected chi connectivity index (χ3v) is 3.50. The Morgan fingerprint density at radius 3 is 2.77 bits per heavy atom. The molecule has 0 bridgehead atoms. The molecule has 22 heavy (non-hydrogen) atoms. The van der Waals surface area contributed by atoms with Crippen molar-refractivity contribution in [3.05, 3.63) is 29.1 Å². The number of nitrogens with zero attached hydrogens (tertiary/aromatic N) is 2. The Bertz CT molecular complexity index is 575. The van der Waals surface area contributed by atoms with Crippen molar-refractivity contribution in [1.82, 2.24) is 9.88 Å². The fraction of sp³-hybridized carbons (Fsp3) is 0.533. The fourth-order valence-electron chi connectivity index (χ4n) is 2.56. The number of morpholine rings is 1. The van der Waals surface area contributed by atoms with Crippen molar-refractivity contribution in [2.75, 3.05) is 26.8 Å². The Balaban J connectivity index is 2.16. The summed E-state index contributed by atoms with van der Waals surface area (Å²) < 4.78 is 10.8. The first-order valence-electron chi connectivity index (χ1n) is 7.07. The van der Waals surface area contributed by atoms with Crippen molar-refractivity contribution < 1.29 is 24.2 Å². The molecule has 0 saturated carbocycles. The molecule has 7 nitrogen and oxygen atoms in total. The van der Waals surface area contributed by atoms with Gasteiger partial charge in [-0.15, -0.1) is 0 Å². The van der Waals surface area contributed by atoms with E-state index in [0.29, 0.717) is 25.4 Å². The van der Waals surface area contributed by atoms with Gasteiger partial charge in [0, 0.05) is 20.2 Å². The first-order valence-corrected chi connectivity index (χ1v) is 7.07. The molecule has 0 aromatic carbocycles. The summed E-state index contributed by atoms with van der Waals surface area (Å²) in [6.45, 7) is 4.79. The summed E-state index contributed by atoms with van der Waals surface area (Å²) in [6, 6.07) is 2.86. The van der Waals surface area contributed by atoms with E-state index in [1.807, 2.05) is 6.92 Å². The van der Waals surface area contributed by atoms with Gasteiger partial charge in [-0.05, 0) is 26.0 Å². The summed E-state index contributed by atoms with van der Waals surface area (Å²) in [5, 5.41) is 9.01. The smallest absolute Gasteiger partial charge is 0.337 e. The normalized spacial score (nSPS) is 21.7. The van der Waals surface area contributed by atoms with Crippen LogP contribution in [0.3, 0.4) is 0 Å². The van der Waals surface area contributed by atoms with Crippen LogP contribution in [0.5, 0.6) is 0 Å². The molecule has 7 heteroatoms. The van der Waals surface area contributed by atoms with Gasteiger partial charge in [-0.2, -0.15) is 0 Å². The van der Waals surface area contributed by atoms with Crippen LogP contribution in [-0.4, -0.2) is 65.9 Å².